The second-order valence-corrected chi connectivity index (χ2v) is 5.20. The number of aliphatic hydroxyl groups is 1. The third-order valence-corrected chi connectivity index (χ3v) is 3.74. The van der Waals surface area contributed by atoms with Crippen molar-refractivity contribution in [2.24, 2.45) is 0 Å². The van der Waals surface area contributed by atoms with Crippen molar-refractivity contribution < 1.29 is 9.84 Å². The van der Waals surface area contributed by atoms with Gasteiger partial charge in [0.05, 0.1) is 13.2 Å². The minimum Gasteiger partial charge on any atom is -0.496 e. The highest BCUT2D eigenvalue weighted by atomic mass is 16.5. The van der Waals surface area contributed by atoms with Gasteiger partial charge < -0.3 is 15.2 Å². The van der Waals surface area contributed by atoms with Crippen molar-refractivity contribution in [3.05, 3.63) is 28.8 Å². The van der Waals surface area contributed by atoms with E-state index in [1.54, 1.807) is 7.11 Å². The van der Waals surface area contributed by atoms with E-state index in [1.165, 1.54) is 12.8 Å². The van der Waals surface area contributed by atoms with E-state index in [4.69, 9.17) is 4.74 Å². The van der Waals surface area contributed by atoms with Crippen molar-refractivity contribution in [2.45, 2.75) is 45.3 Å². The molecule has 2 unspecified atom stereocenters. The van der Waals surface area contributed by atoms with E-state index in [0.717, 1.165) is 35.4 Å². The molecule has 2 N–H and O–H groups in total. The molecule has 3 heteroatoms. The topological polar surface area (TPSA) is 41.5 Å². The molecule has 0 amide bonds. The van der Waals surface area contributed by atoms with Crippen LogP contribution < -0.4 is 10.1 Å². The number of benzene rings is 1. The minimum atomic E-state index is -0.485. The molecule has 1 aliphatic heterocycles. The van der Waals surface area contributed by atoms with Gasteiger partial charge in [-0.25, -0.2) is 0 Å². The number of methoxy groups -OCH3 is 1. The average Bonchev–Trinajstić information content (AvgIpc) is 2.38. The van der Waals surface area contributed by atoms with E-state index in [0.29, 0.717) is 0 Å². The van der Waals surface area contributed by atoms with Crippen LogP contribution in [-0.2, 0) is 0 Å². The molecule has 2 atom stereocenters. The Bertz CT molecular complexity index is 411. The van der Waals surface area contributed by atoms with Crippen LogP contribution in [0.2, 0.25) is 0 Å². The Morgan fingerprint density at radius 1 is 1.33 bits per heavy atom. The van der Waals surface area contributed by atoms with Gasteiger partial charge in [0.2, 0.25) is 0 Å². The normalized spacial score (nSPS) is 21.7. The van der Waals surface area contributed by atoms with Crippen LogP contribution in [0.25, 0.3) is 0 Å². The number of hydrogen-bond donors (Lipinski definition) is 2. The number of nitrogens with one attached hydrogen (secondary N) is 1. The summed E-state index contributed by atoms with van der Waals surface area (Å²) in [6.45, 7) is 5.08. The Kier molecular flexibility index (Phi) is 4.25. The molecule has 2 rings (SSSR count). The quantitative estimate of drug-likeness (QED) is 0.864. The molecule has 1 aliphatic rings. The van der Waals surface area contributed by atoms with Gasteiger partial charge in [-0.2, -0.15) is 0 Å². The van der Waals surface area contributed by atoms with Gasteiger partial charge in [0.1, 0.15) is 5.75 Å². The van der Waals surface area contributed by atoms with E-state index >= 15 is 0 Å². The van der Waals surface area contributed by atoms with Crippen LogP contribution in [0, 0.1) is 13.8 Å². The lowest BCUT2D eigenvalue weighted by atomic mass is 9.91. The summed E-state index contributed by atoms with van der Waals surface area (Å²) >= 11 is 0. The van der Waals surface area contributed by atoms with Gasteiger partial charge in [-0.15, -0.1) is 0 Å². The molecule has 1 saturated heterocycles. The monoisotopic (exact) mass is 249 g/mol. The van der Waals surface area contributed by atoms with E-state index in [1.807, 2.05) is 19.9 Å². The summed E-state index contributed by atoms with van der Waals surface area (Å²) < 4.78 is 5.43. The number of rotatable bonds is 3. The minimum absolute atomic E-state index is 0.147. The highest BCUT2D eigenvalue weighted by Crippen LogP contribution is 2.33. The molecule has 0 aliphatic carbocycles. The first kappa shape index (κ1) is 13.4. The van der Waals surface area contributed by atoms with Gasteiger partial charge in [-0.1, -0.05) is 12.5 Å². The van der Waals surface area contributed by atoms with Gasteiger partial charge in [0.25, 0.3) is 0 Å². The van der Waals surface area contributed by atoms with Crippen LogP contribution in [0.15, 0.2) is 12.1 Å². The molecule has 1 aromatic carbocycles. The zero-order valence-corrected chi connectivity index (χ0v) is 11.5. The van der Waals surface area contributed by atoms with Crippen LogP contribution in [0.1, 0.15) is 42.1 Å². The number of aryl methyl sites for hydroxylation is 2. The molecule has 3 nitrogen and oxygen atoms in total. The number of hydrogen-bond acceptors (Lipinski definition) is 3. The van der Waals surface area contributed by atoms with E-state index < -0.39 is 6.10 Å². The molecular weight excluding hydrogens is 226 g/mol. The molecule has 0 aromatic heterocycles. The molecule has 1 fully saturated rings. The first-order valence-electron chi connectivity index (χ1n) is 6.70. The van der Waals surface area contributed by atoms with Crippen LogP contribution in [-0.4, -0.2) is 24.8 Å². The van der Waals surface area contributed by atoms with Crippen molar-refractivity contribution in [1.29, 1.82) is 0 Å². The Morgan fingerprint density at radius 2 is 2.11 bits per heavy atom. The Hall–Kier alpha value is -1.06. The summed E-state index contributed by atoms with van der Waals surface area (Å²) in [4.78, 5) is 0. The zero-order chi connectivity index (χ0) is 13.1. The standard InChI is InChI=1S/C15H23NO2/c1-10-8-11(2)14(13(9-10)18-3)15(17)12-6-4-5-7-16-12/h8-9,12,15-17H,4-7H2,1-3H3. The molecule has 1 aromatic rings. The molecule has 0 bridgehead atoms. The second-order valence-electron chi connectivity index (χ2n) is 5.20. The van der Waals surface area contributed by atoms with Gasteiger partial charge in [-0.3, -0.25) is 0 Å². The van der Waals surface area contributed by atoms with Crippen molar-refractivity contribution in [3.8, 4) is 5.75 Å². The molecule has 1 heterocycles. The Balaban J connectivity index is 2.30. The van der Waals surface area contributed by atoms with Crippen LogP contribution in [0.4, 0.5) is 0 Å². The van der Waals surface area contributed by atoms with Gasteiger partial charge in [0.15, 0.2) is 0 Å². The van der Waals surface area contributed by atoms with E-state index in [9.17, 15) is 5.11 Å². The first-order chi connectivity index (χ1) is 8.63. The second kappa shape index (κ2) is 5.72. The highest BCUT2D eigenvalue weighted by molar-refractivity contribution is 5.45. The highest BCUT2D eigenvalue weighted by Gasteiger charge is 2.26. The van der Waals surface area contributed by atoms with Crippen LogP contribution in [0.3, 0.4) is 0 Å². The Morgan fingerprint density at radius 3 is 2.72 bits per heavy atom. The molecular formula is C15H23NO2. The molecule has 0 radical (unpaired) electrons. The predicted octanol–water partition coefficient (Wildman–Crippen LogP) is 2.49. The summed E-state index contributed by atoms with van der Waals surface area (Å²) in [7, 11) is 1.67. The average molecular weight is 249 g/mol. The van der Waals surface area contributed by atoms with Gasteiger partial charge >= 0.3 is 0 Å². The maximum atomic E-state index is 10.6. The first-order valence-corrected chi connectivity index (χ1v) is 6.70. The maximum Gasteiger partial charge on any atom is 0.125 e. The third-order valence-electron chi connectivity index (χ3n) is 3.74. The summed E-state index contributed by atoms with van der Waals surface area (Å²) in [6, 6.07) is 4.24. The van der Waals surface area contributed by atoms with Gasteiger partial charge in [0, 0.05) is 11.6 Å². The number of ether oxygens (including phenoxy) is 1. The smallest absolute Gasteiger partial charge is 0.125 e. The number of aliphatic hydroxyl groups excluding tert-OH is 1. The zero-order valence-electron chi connectivity index (χ0n) is 11.5. The SMILES string of the molecule is COc1cc(C)cc(C)c1C(O)C1CCCCN1. The van der Waals surface area contributed by atoms with Crippen molar-refractivity contribution >= 4 is 0 Å². The fourth-order valence-corrected chi connectivity index (χ4v) is 2.84. The van der Waals surface area contributed by atoms with Crippen LogP contribution >= 0.6 is 0 Å². The number of piperidine rings is 1. The maximum absolute atomic E-state index is 10.6. The van der Waals surface area contributed by atoms with E-state index in [2.05, 4.69) is 11.4 Å². The molecule has 100 valence electrons. The summed E-state index contributed by atoms with van der Waals surface area (Å²) in [6.07, 6.45) is 2.92. The van der Waals surface area contributed by atoms with Crippen molar-refractivity contribution in [2.75, 3.05) is 13.7 Å². The van der Waals surface area contributed by atoms with E-state index in [-0.39, 0.29) is 6.04 Å². The lowest BCUT2D eigenvalue weighted by Crippen LogP contribution is -2.39. The predicted molar refractivity (Wildman–Crippen MR) is 73.1 cm³/mol. The lowest BCUT2D eigenvalue weighted by Gasteiger charge is -2.30. The molecule has 0 saturated carbocycles. The van der Waals surface area contributed by atoms with Crippen molar-refractivity contribution in [1.82, 2.24) is 5.32 Å². The lowest BCUT2D eigenvalue weighted by molar-refractivity contribution is 0.110. The van der Waals surface area contributed by atoms with Crippen LogP contribution in [0.5, 0.6) is 5.75 Å². The largest absolute Gasteiger partial charge is 0.496 e. The van der Waals surface area contributed by atoms with Crippen molar-refractivity contribution in [3.63, 3.8) is 0 Å². The Labute approximate surface area is 109 Å². The molecule has 0 spiro atoms. The summed E-state index contributed by atoms with van der Waals surface area (Å²) in [5, 5.41) is 14.0. The van der Waals surface area contributed by atoms with Gasteiger partial charge in [-0.05, 0) is 50.4 Å². The molecule has 18 heavy (non-hydrogen) atoms. The third kappa shape index (κ3) is 2.68. The fourth-order valence-electron chi connectivity index (χ4n) is 2.84. The summed E-state index contributed by atoms with van der Waals surface area (Å²) in [5.74, 6) is 0.798. The summed E-state index contributed by atoms with van der Waals surface area (Å²) in [5.41, 5.74) is 3.20. The fraction of sp³-hybridized carbons (Fsp3) is 0.600.